The summed E-state index contributed by atoms with van der Waals surface area (Å²) < 4.78 is 31.2. The number of halogens is 1. The number of ether oxygens (including phenoxy) is 1. The van der Waals surface area contributed by atoms with Crippen molar-refractivity contribution in [2.75, 3.05) is 23.0 Å². The molecule has 0 bridgehead atoms. The number of nitrogens with zero attached hydrogens (tertiary/aromatic N) is 1. The van der Waals surface area contributed by atoms with Crippen molar-refractivity contribution in [3.8, 4) is 0 Å². The van der Waals surface area contributed by atoms with E-state index in [0.717, 1.165) is 46.7 Å². The molecule has 0 fully saturated rings. The van der Waals surface area contributed by atoms with Crippen LogP contribution in [0.15, 0.2) is 24.3 Å². The van der Waals surface area contributed by atoms with Gasteiger partial charge in [0.25, 0.3) is 0 Å². The first kappa shape index (κ1) is 23.6. The predicted octanol–water partition coefficient (Wildman–Crippen LogP) is 4.25. The Morgan fingerprint density at radius 1 is 1.23 bits per heavy atom. The van der Waals surface area contributed by atoms with Gasteiger partial charge in [-0.3, -0.25) is 9.10 Å². The van der Waals surface area contributed by atoms with Gasteiger partial charge in [0.1, 0.15) is 11.0 Å². The molecule has 168 valence electrons. The van der Waals surface area contributed by atoms with Crippen LogP contribution >= 0.6 is 22.9 Å². The van der Waals surface area contributed by atoms with Gasteiger partial charge in [-0.05, 0) is 61.9 Å². The normalized spacial score (nSPS) is 14.5. The van der Waals surface area contributed by atoms with Crippen molar-refractivity contribution in [1.29, 1.82) is 0 Å². The number of rotatable bonds is 7. The fourth-order valence-electron chi connectivity index (χ4n) is 3.82. The Morgan fingerprint density at radius 2 is 1.87 bits per heavy atom. The van der Waals surface area contributed by atoms with E-state index in [1.165, 1.54) is 18.4 Å². The number of methoxy groups -OCH3 is 1. The topological polar surface area (TPSA) is 92.8 Å². The van der Waals surface area contributed by atoms with E-state index in [4.69, 9.17) is 16.3 Å². The second-order valence-electron chi connectivity index (χ2n) is 7.36. The Bertz CT molecular complexity index is 1080. The molecule has 0 radical (unpaired) electrons. The maximum atomic E-state index is 13.3. The fourth-order valence-corrected chi connectivity index (χ4v) is 6.43. The molecule has 0 aliphatic heterocycles. The van der Waals surface area contributed by atoms with Crippen molar-refractivity contribution in [2.24, 2.45) is 0 Å². The Labute approximate surface area is 191 Å². The second kappa shape index (κ2) is 9.58. The van der Waals surface area contributed by atoms with E-state index in [1.54, 1.807) is 31.2 Å². The minimum Gasteiger partial charge on any atom is -0.465 e. The summed E-state index contributed by atoms with van der Waals surface area (Å²) >= 11 is 7.30. The summed E-state index contributed by atoms with van der Waals surface area (Å²) in [7, 11) is -2.46. The highest BCUT2D eigenvalue weighted by Gasteiger charge is 2.34. The van der Waals surface area contributed by atoms with Gasteiger partial charge in [0, 0.05) is 9.90 Å². The van der Waals surface area contributed by atoms with Crippen LogP contribution in [0.5, 0.6) is 0 Å². The van der Waals surface area contributed by atoms with E-state index in [1.807, 2.05) is 0 Å². The molecule has 1 aliphatic rings. The van der Waals surface area contributed by atoms with E-state index in [0.29, 0.717) is 21.3 Å². The van der Waals surface area contributed by atoms with Crippen molar-refractivity contribution in [3.63, 3.8) is 0 Å². The van der Waals surface area contributed by atoms with E-state index >= 15 is 0 Å². The molecule has 1 aromatic carbocycles. The van der Waals surface area contributed by atoms with E-state index in [-0.39, 0.29) is 6.42 Å². The molecule has 10 heteroatoms. The van der Waals surface area contributed by atoms with Crippen molar-refractivity contribution in [3.05, 3.63) is 45.3 Å². The number of hydrogen-bond acceptors (Lipinski definition) is 6. The zero-order valence-electron chi connectivity index (χ0n) is 17.6. The van der Waals surface area contributed by atoms with Gasteiger partial charge in [-0.2, -0.15) is 0 Å². The highest BCUT2D eigenvalue weighted by atomic mass is 35.5. The lowest BCUT2D eigenvalue weighted by Crippen LogP contribution is -2.47. The Kier molecular flexibility index (Phi) is 7.28. The molecule has 31 heavy (non-hydrogen) atoms. The summed E-state index contributed by atoms with van der Waals surface area (Å²) in [6.07, 6.45) is 4.89. The Morgan fingerprint density at radius 3 is 2.45 bits per heavy atom. The van der Waals surface area contributed by atoms with Gasteiger partial charge in [-0.1, -0.05) is 18.5 Å². The summed E-state index contributed by atoms with van der Waals surface area (Å²) in [5.74, 6) is -1.01. The number of aryl methyl sites for hydroxylation is 1. The molecule has 0 saturated carbocycles. The van der Waals surface area contributed by atoms with Crippen molar-refractivity contribution < 1.29 is 22.7 Å². The minimum atomic E-state index is -3.77. The third-order valence-corrected chi connectivity index (χ3v) is 7.85. The Hall–Kier alpha value is -2.10. The van der Waals surface area contributed by atoms with Crippen LogP contribution in [0.1, 0.15) is 47.0 Å². The fraction of sp³-hybridized carbons (Fsp3) is 0.429. The van der Waals surface area contributed by atoms with Crippen molar-refractivity contribution in [2.45, 2.75) is 45.1 Å². The molecule has 0 saturated heterocycles. The molecule has 0 spiro atoms. The smallest absolute Gasteiger partial charge is 0.341 e. The molecule has 1 aliphatic carbocycles. The highest BCUT2D eigenvalue weighted by Crippen LogP contribution is 2.39. The number of fused-ring (bicyclic) bond motifs is 1. The largest absolute Gasteiger partial charge is 0.465 e. The van der Waals surface area contributed by atoms with Gasteiger partial charge in [-0.25, -0.2) is 13.2 Å². The number of esters is 1. The van der Waals surface area contributed by atoms with Crippen LogP contribution in [0.25, 0.3) is 0 Å². The van der Waals surface area contributed by atoms with Crippen molar-refractivity contribution in [1.82, 2.24) is 0 Å². The number of carbonyl (C=O) groups is 2. The van der Waals surface area contributed by atoms with Crippen LogP contribution in [0.2, 0.25) is 5.02 Å². The Balaban J connectivity index is 1.98. The van der Waals surface area contributed by atoms with Gasteiger partial charge < -0.3 is 10.1 Å². The van der Waals surface area contributed by atoms with Gasteiger partial charge in [-0.15, -0.1) is 11.3 Å². The molecular formula is C21H25ClN2O5S2. The zero-order valence-corrected chi connectivity index (χ0v) is 20.0. The average Bonchev–Trinajstić information content (AvgIpc) is 3.09. The van der Waals surface area contributed by atoms with Crippen LogP contribution in [-0.4, -0.2) is 39.7 Å². The van der Waals surface area contributed by atoms with Gasteiger partial charge in [0.2, 0.25) is 15.9 Å². The third-order valence-electron chi connectivity index (χ3n) is 5.21. The van der Waals surface area contributed by atoms with E-state index < -0.39 is 27.9 Å². The lowest BCUT2D eigenvalue weighted by atomic mass is 9.95. The third kappa shape index (κ3) is 5.05. The molecule has 3 rings (SSSR count). The molecule has 0 unspecified atom stereocenters. The van der Waals surface area contributed by atoms with E-state index in [9.17, 15) is 18.0 Å². The lowest BCUT2D eigenvalue weighted by molar-refractivity contribution is -0.117. The average molecular weight is 485 g/mol. The predicted molar refractivity (Wildman–Crippen MR) is 124 cm³/mol. The molecule has 1 amide bonds. The monoisotopic (exact) mass is 484 g/mol. The maximum Gasteiger partial charge on any atom is 0.341 e. The summed E-state index contributed by atoms with van der Waals surface area (Å²) in [6.45, 7) is 1.74. The second-order valence-corrected chi connectivity index (χ2v) is 10.8. The molecule has 1 aromatic heterocycles. The first-order valence-corrected chi connectivity index (χ1v) is 13.0. The summed E-state index contributed by atoms with van der Waals surface area (Å²) in [6, 6.07) is 5.26. The number of hydrogen-bond donors (Lipinski definition) is 1. The number of carbonyl (C=O) groups excluding carboxylic acids is 2. The van der Waals surface area contributed by atoms with Crippen LogP contribution in [0.3, 0.4) is 0 Å². The van der Waals surface area contributed by atoms with Crippen LogP contribution < -0.4 is 9.62 Å². The number of nitrogens with one attached hydrogen (secondary N) is 1. The summed E-state index contributed by atoms with van der Waals surface area (Å²) in [5.41, 5.74) is 1.64. The minimum absolute atomic E-state index is 0.236. The number of benzene rings is 1. The number of sulfonamides is 1. The van der Waals surface area contributed by atoms with Crippen LogP contribution in [-0.2, 0) is 32.4 Å². The SMILES string of the molecule is CC[C@H](C(=O)Nc1sc2c(c1C(=O)OC)CCCC2)N(c1ccc(Cl)cc1)S(C)(=O)=O. The molecule has 1 atom stereocenters. The van der Waals surface area contributed by atoms with E-state index in [2.05, 4.69) is 5.32 Å². The molecule has 1 heterocycles. The van der Waals surface area contributed by atoms with Crippen molar-refractivity contribution >= 4 is 55.5 Å². The van der Waals surface area contributed by atoms with Gasteiger partial charge in [0.15, 0.2) is 0 Å². The number of amides is 1. The maximum absolute atomic E-state index is 13.3. The number of anilines is 2. The van der Waals surface area contributed by atoms with Gasteiger partial charge in [0.05, 0.1) is 24.6 Å². The van der Waals surface area contributed by atoms with Crippen LogP contribution in [0.4, 0.5) is 10.7 Å². The quantitative estimate of drug-likeness (QED) is 0.593. The summed E-state index contributed by atoms with van der Waals surface area (Å²) in [5, 5.41) is 3.68. The number of thiophene rings is 1. The molecule has 2 aromatic rings. The highest BCUT2D eigenvalue weighted by molar-refractivity contribution is 7.92. The molecule has 7 nitrogen and oxygen atoms in total. The molecule has 1 N–H and O–H groups in total. The first-order chi connectivity index (χ1) is 14.7. The summed E-state index contributed by atoms with van der Waals surface area (Å²) in [4.78, 5) is 26.8. The van der Waals surface area contributed by atoms with Gasteiger partial charge >= 0.3 is 5.97 Å². The lowest BCUT2D eigenvalue weighted by Gasteiger charge is -2.30. The standard InChI is InChI=1S/C21H25ClN2O5S2/c1-4-16(24(31(3,27)28)14-11-9-13(22)10-12-14)19(25)23-20-18(21(26)29-2)15-7-5-6-8-17(15)30-20/h9-12,16H,4-8H2,1-3H3,(H,23,25)/t16-/m1/s1. The first-order valence-electron chi connectivity index (χ1n) is 9.96. The van der Waals surface area contributed by atoms with Crippen LogP contribution in [0, 0.1) is 0 Å². The molecular weight excluding hydrogens is 460 g/mol. The zero-order chi connectivity index (χ0) is 22.8.